The van der Waals surface area contributed by atoms with Crippen molar-refractivity contribution in [2.75, 3.05) is 6.61 Å². The van der Waals surface area contributed by atoms with E-state index in [1.54, 1.807) is 0 Å². The first-order valence-electron chi connectivity index (χ1n) is 5.53. The molecular formula is C12H17NO2. The molecule has 0 fully saturated rings. The van der Waals surface area contributed by atoms with Gasteiger partial charge in [-0.25, -0.2) is 0 Å². The maximum atomic E-state index is 11.6. The average Bonchev–Trinajstić information content (AvgIpc) is 2.62. The number of nitrogens with zero attached hydrogens (tertiary/aromatic N) is 1. The summed E-state index contributed by atoms with van der Waals surface area (Å²) < 4.78 is 2.04. The molecule has 1 aromatic heterocycles. The van der Waals surface area contributed by atoms with Gasteiger partial charge in [0.15, 0.2) is 5.78 Å². The van der Waals surface area contributed by atoms with E-state index in [1.807, 2.05) is 17.7 Å². The lowest BCUT2D eigenvalue weighted by Gasteiger charge is -2.07. The van der Waals surface area contributed by atoms with Crippen molar-refractivity contribution in [3.8, 4) is 0 Å². The summed E-state index contributed by atoms with van der Waals surface area (Å²) in [4.78, 5) is 11.6. The van der Waals surface area contributed by atoms with Gasteiger partial charge in [0.1, 0.15) is 0 Å². The van der Waals surface area contributed by atoms with Crippen molar-refractivity contribution in [3.05, 3.63) is 23.5 Å². The Hall–Kier alpha value is -1.09. The minimum Gasteiger partial charge on any atom is -0.396 e. The number of aliphatic hydroxyl groups is 1. The standard InChI is InChI=1S/C12H17NO2/c1-9(8-14)5-13-6-10-3-2-4-12(15)11(10)7-13/h6-7,9,14H,2-5,8H2,1H3. The number of ketones is 1. The van der Waals surface area contributed by atoms with Gasteiger partial charge in [-0.15, -0.1) is 0 Å². The second kappa shape index (κ2) is 4.19. The van der Waals surface area contributed by atoms with Gasteiger partial charge in [0.2, 0.25) is 0 Å². The number of hydrogen-bond donors (Lipinski definition) is 1. The number of aromatic nitrogens is 1. The summed E-state index contributed by atoms with van der Waals surface area (Å²) in [6.45, 7) is 2.98. The highest BCUT2D eigenvalue weighted by Gasteiger charge is 2.19. The number of aryl methyl sites for hydroxylation is 1. The van der Waals surface area contributed by atoms with E-state index in [2.05, 4.69) is 6.20 Å². The first kappa shape index (κ1) is 10.4. The molecule has 0 amide bonds. The number of carbonyl (C=O) groups is 1. The van der Waals surface area contributed by atoms with Crippen LogP contribution in [0.15, 0.2) is 12.4 Å². The molecule has 3 heteroatoms. The van der Waals surface area contributed by atoms with Crippen LogP contribution in [0, 0.1) is 5.92 Å². The maximum Gasteiger partial charge on any atom is 0.164 e. The van der Waals surface area contributed by atoms with Gasteiger partial charge < -0.3 is 9.67 Å². The normalized spacial score (nSPS) is 17.6. The van der Waals surface area contributed by atoms with Crippen LogP contribution >= 0.6 is 0 Å². The summed E-state index contributed by atoms with van der Waals surface area (Å²) >= 11 is 0. The Bertz CT molecular complexity index is 368. The monoisotopic (exact) mass is 207 g/mol. The molecule has 1 heterocycles. The van der Waals surface area contributed by atoms with Crippen LogP contribution < -0.4 is 0 Å². The van der Waals surface area contributed by atoms with Crippen LogP contribution in [0.2, 0.25) is 0 Å². The van der Waals surface area contributed by atoms with Crippen LogP contribution in [0.25, 0.3) is 0 Å². The van der Waals surface area contributed by atoms with E-state index in [-0.39, 0.29) is 18.3 Å². The smallest absolute Gasteiger partial charge is 0.164 e. The fourth-order valence-electron chi connectivity index (χ4n) is 2.10. The molecule has 1 atom stereocenters. The molecule has 3 nitrogen and oxygen atoms in total. The predicted octanol–water partition coefficient (Wildman–Crippen LogP) is 1.64. The van der Waals surface area contributed by atoms with Crippen molar-refractivity contribution < 1.29 is 9.90 Å². The van der Waals surface area contributed by atoms with Crippen LogP contribution in [0.5, 0.6) is 0 Å². The van der Waals surface area contributed by atoms with E-state index in [9.17, 15) is 4.79 Å². The van der Waals surface area contributed by atoms with Crippen LogP contribution in [0.4, 0.5) is 0 Å². The lowest BCUT2D eigenvalue weighted by Crippen LogP contribution is -2.09. The molecule has 15 heavy (non-hydrogen) atoms. The fraction of sp³-hybridized carbons (Fsp3) is 0.583. The molecule has 1 unspecified atom stereocenters. The average molecular weight is 207 g/mol. The third-order valence-electron chi connectivity index (χ3n) is 2.95. The van der Waals surface area contributed by atoms with Gasteiger partial charge in [-0.3, -0.25) is 4.79 Å². The minimum atomic E-state index is 0.191. The van der Waals surface area contributed by atoms with E-state index >= 15 is 0 Å². The Morgan fingerprint density at radius 3 is 2.93 bits per heavy atom. The molecular weight excluding hydrogens is 190 g/mol. The Morgan fingerprint density at radius 1 is 1.47 bits per heavy atom. The topological polar surface area (TPSA) is 42.2 Å². The van der Waals surface area contributed by atoms with Crippen LogP contribution in [0.1, 0.15) is 35.7 Å². The quantitative estimate of drug-likeness (QED) is 0.818. The second-order valence-electron chi connectivity index (χ2n) is 4.46. The van der Waals surface area contributed by atoms with Crippen molar-refractivity contribution in [3.63, 3.8) is 0 Å². The highest BCUT2D eigenvalue weighted by atomic mass is 16.3. The molecule has 0 aliphatic heterocycles. The molecule has 0 aromatic carbocycles. The third kappa shape index (κ3) is 2.12. The van der Waals surface area contributed by atoms with Gasteiger partial charge in [0.25, 0.3) is 0 Å². The first-order chi connectivity index (χ1) is 7.20. The summed E-state index contributed by atoms with van der Waals surface area (Å²) in [6, 6.07) is 0. The molecule has 1 aromatic rings. The van der Waals surface area contributed by atoms with Crippen molar-refractivity contribution in [2.45, 2.75) is 32.7 Å². The summed E-state index contributed by atoms with van der Waals surface area (Å²) in [5.74, 6) is 0.514. The number of fused-ring (bicyclic) bond motifs is 1. The fourth-order valence-corrected chi connectivity index (χ4v) is 2.10. The van der Waals surface area contributed by atoms with E-state index in [0.29, 0.717) is 6.42 Å². The number of hydrogen-bond acceptors (Lipinski definition) is 2. The van der Waals surface area contributed by atoms with Gasteiger partial charge >= 0.3 is 0 Å². The van der Waals surface area contributed by atoms with Gasteiger partial charge in [-0.1, -0.05) is 6.92 Å². The van der Waals surface area contributed by atoms with Crippen LogP contribution in [-0.2, 0) is 13.0 Å². The van der Waals surface area contributed by atoms with E-state index < -0.39 is 0 Å². The Labute approximate surface area is 89.7 Å². The molecule has 0 saturated carbocycles. The molecule has 0 spiro atoms. The molecule has 1 aliphatic carbocycles. The zero-order chi connectivity index (χ0) is 10.8. The van der Waals surface area contributed by atoms with Gasteiger partial charge in [0.05, 0.1) is 0 Å². The summed E-state index contributed by atoms with van der Waals surface area (Å²) in [5.41, 5.74) is 2.07. The van der Waals surface area contributed by atoms with Gasteiger partial charge in [-0.2, -0.15) is 0 Å². The summed E-state index contributed by atoms with van der Waals surface area (Å²) in [5, 5.41) is 8.97. The molecule has 1 aliphatic rings. The lowest BCUT2D eigenvalue weighted by molar-refractivity contribution is 0.0973. The molecule has 2 rings (SSSR count). The largest absolute Gasteiger partial charge is 0.396 e. The number of carbonyl (C=O) groups excluding carboxylic acids is 1. The number of rotatable bonds is 3. The van der Waals surface area contributed by atoms with Gasteiger partial charge in [-0.05, 0) is 24.3 Å². The van der Waals surface area contributed by atoms with Crippen molar-refractivity contribution >= 4 is 5.78 Å². The Balaban J connectivity index is 2.18. The van der Waals surface area contributed by atoms with E-state index in [1.165, 1.54) is 5.56 Å². The number of Topliss-reactive ketones (excluding diaryl/α,β-unsaturated/α-hetero) is 1. The summed E-state index contributed by atoms with van der Waals surface area (Å²) in [6.07, 6.45) is 6.67. The third-order valence-corrected chi connectivity index (χ3v) is 2.95. The number of aliphatic hydroxyl groups excluding tert-OH is 1. The SMILES string of the molecule is CC(CO)Cn1cc2c(c1)C(=O)CCC2. The predicted molar refractivity (Wildman–Crippen MR) is 58.0 cm³/mol. The van der Waals surface area contributed by atoms with E-state index in [0.717, 1.165) is 24.9 Å². The molecule has 82 valence electrons. The first-order valence-corrected chi connectivity index (χ1v) is 5.53. The van der Waals surface area contributed by atoms with E-state index in [4.69, 9.17) is 5.11 Å². The van der Waals surface area contributed by atoms with Crippen LogP contribution in [-0.4, -0.2) is 22.1 Å². The zero-order valence-electron chi connectivity index (χ0n) is 9.07. The van der Waals surface area contributed by atoms with Crippen LogP contribution in [0.3, 0.4) is 0 Å². The lowest BCUT2D eigenvalue weighted by atomic mass is 9.95. The Morgan fingerprint density at radius 2 is 2.27 bits per heavy atom. The highest BCUT2D eigenvalue weighted by Crippen LogP contribution is 2.22. The summed E-state index contributed by atoms with van der Waals surface area (Å²) in [7, 11) is 0. The van der Waals surface area contributed by atoms with Crippen molar-refractivity contribution in [1.82, 2.24) is 4.57 Å². The van der Waals surface area contributed by atoms with Crippen molar-refractivity contribution in [2.24, 2.45) is 5.92 Å². The van der Waals surface area contributed by atoms with Gasteiger partial charge in [0, 0.05) is 37.5 Å². The van der Waals surface area contributed by atoms with Crippen molar-refractivity contribution in [1.29, 1.82) is 0 Å². The second-order valence-corrected chi connectivity index (χ2v) is 4.46. The minimum absolute atomic E-state index is 0.191. The highest BCUT2D eigenvalue weighted by molar-refractivity contribution is 5.98. The zero-order valence-corrected chi connectivity index (χ0v) is 9.07. The molecule has 0 radical (unpaired) electrons. The molecule has 1 N–H and O–H groups in total. The Kier molecular flexibility index (Phi) is 2.91. The molecule has 0 bridgehead atoms. The maximum absolute atomic E-state index is 11.6. The molecule has 0 saturated heterocycles.